The maximum absolute atomic E-state index is 11.9. The summed E-state index contributed by atoms with van der Waals surface area (Å²) in [5, 5.41) is 9.49. The van der Waals surface area contributed by atoms with Gasteiger partial charge in [0, 0.05) is 75.5 Å². The molecular weight excluding hydrogens is 408 g/mol. The molecule has 4 heterocycles. The number of nitrogens with one attached hydrogen (secondary N) is 1. The van der Waals surface area contributed by atoms with E-state index in [1.807, 2.05) is 37.7 Å². The Balaban J connectivity index is 0.000000186. The van der Waals surface area contributed by atoms with Crippen LogP contribution in [0.2, 0.25) is 0 Å². The van der Waals surface area contributed by atoms with Crippen molar-refractivity contribution in [2.45, 2.75) is 26.4 Å². The molecule has 2 aromatic heterocycles. The van der Waals surface area contributed by atoms with E-state index in [4.69, 9.17) is 4.74 Å². The molecule has 0 spiro atoms. The monoisotopic (exact) mass is 438 g/mol. The molecule has 0 aliphatic carbocycles. The van der Waals surface area contributed by atoms with Gasteiger partial charge in [-0.15, -0.1) is 22.7 Å². The number of ether oxygens (including phenoxy) is 1. The maximum atomic E-state index is 11.9. The Morgan fingerprint density at radius 2 is 1.45 bits per heavy atom. The zero-order valence-corrected chi connectivity index (χ0v) is 19.0. The van der Waals surface area contributed by atoms with Crippen LogP contribution in [0.3, 0.4) is 0 Å². The van der Waals surface area contributed by atoms with E-state index in [2.05, 4.69) is 25.1 Å². The van der Waals surface area contributed by atoms with E-state index >= 15 is 0 Å². The highest BCUT2D eigenvalue weighted by Crippen LogP contribution is 2.20. The summed E-state index contributed by atoms with van der Waals surface area (Å²) in [6.07, 6.45) is 3.45. The second-order valence-electron chi connectivity index (χ2n) is 7.82. The number of aromatic nitrogens is 2. The molecule has 29 heavy (non-hydrogen) atoms. The van der Waals surface area contributed by atoms with Gasteiger partial charge in [0.25, 0.3) is 0 Å². The van der Waals surface area contributed by atoms with Crippen LogP contribution in [-0.4, -0.2) is 78.9 Å². The number of amides is 1. The van der Waals surface area contributed by atoms with Crippen LogP contribution in [0, 0.1) is 0 Å². The summed E-state index contributed by atoms with van der Waals surface area (Å²) < 4.78 is 5.36. The fourth-order valence-electron chi connectivity index (χ4n) is 3.01. The number of nitrogens with zero attached hydrogens (tertiary/aromatic N) is 5. The third kappa shape index (κ3) is 6.83. The van der Waals surface area contributed by atoms with Crippen molar-refractivity contribution in [2.24, 2.45) is 0 Å². The van der Waals surface area contributed by atoms with Crippen LogP contribution in [0.5, 0.6) is 0 Å². The van der Waals surface area contributed by atoms with Crippen molar-refractivity contribution < 1.29 is 9.53 Å². The minimum atomic E-state index is -0.427. The minimum absolute atomic E-state index is 0.221. The predicted octanol–water partition coefficient (Wildman–Crippen LogP) is 2.75. The first kappa shape index (κ1) is 21.8. The molecule has 0 unspecified atom stereocenters. The fourth-order valence-corrected chi connectivity index (χ4v) is 4.40. The highest BCUT2D eigenvalue weighted by molar-refractivity contribution is 7.13. The second-order valence-corrected chi connectivity index (χ2v) is 9.57. The van der Waals surface area contributed by atoms with Crippen LogP contribution < -0.4 is 15.1 Å². The van der Waals surface area contributed by atoms with E-state index in [1.165, 1.54) is 0 Å². The fraction of sp³-hybridized carbons (Fsp3) is 0.632. The lowest BCUT2D eigenvalue weighted by molar-refractivity contribution is 0.0240. The van der Waals surface area contributed by atoms with Crippen molar-refractivity contribution >= 4 is 39.0 Å². The number of hydrogen-bond acceptors (Lipinski definition) is 9. The van der Waals surface area contributed by atoms with Gasteiger partial charge in [-0.1, -0.05) is 0 Å². The first-order valence-electron chi connectivity index (χ1n) is 9.90. The van der Waals surface area contributed by atoms with E-state index in [0.717, 1.165) is 49.5 Å². The Kier molecular flexibility index (Phi) is 7.68. The minimum Gasteiger partial charge on any atom is -0.444 e. The number of carbonyl (C=O) groups is 1. The second kappa shape index (κ2) is 10.2. The molecule has 0 saturated carbocycles. The molecule has 1 N–H and O–H groups in total. The van der Waals surface area contributed by atoms with Gasteiger partial charge in [0.2, 0.25) is 0 Å². The van der Waals surface area contributed by atoms with Gasteiger partial charge in [0.1, 0.15) is 5.60 Å². The van der Waals surface area contributed by atoms with Crippen molar-refractivity contribution in [2.75, 3.05) is 62.2 Å². The Morgan fingerprint density at radius 3 is 1.90 bits per heavy atom. The van der Waals surface area contributed by atoms with E-state index in [9.17, 15) is 4.79 Å². The van der Waals surface area contributed by atoms with Crippen LogP contribution in [0.15, 0.2) is 23.2 Å². The summed E-state index contributed by atoms with van der Waals surface area (Å²) in [7, 11) is 0. The molecule has 2 aliphatic heterocycles. The smallest absolute Gasteiger partial charge is 0.410 e. The summed E-state index contributed by atoms with van der Waals surface area (Å²) in [6, 6.07) is 0. The van der Waals surface area contributed by atoms with Gasteiger partial charge < -0.3 is 24.8 Å². The molecule has 160 valence electrons. The normalized spacial score (nSPS) is 17.6. The molecule has 4 rings (SSSR count). The number of piperazine rings is 2. The number of anilines is 2. The standard InChI is InChI=1S/C12H19N3O2S.C7H11N3S/c1-12(2,3)17-11(16)15-7-5-14(6-8-15)10-13-4-9-18-10;1-4-10(5-2-8-1)7-9-3-6-11-7/h4,9H,5-8H2,1-3H3;3,6,8H,1-2,4-5H2. The molecule has 8 nitrogen and oxygen atoms in total. The molecule has 0 bridgehead atoms. The Hall–Kier alpha value is -1.91. The third-order valence-electron chi connectivity index (χ3n) is 4.43. The average Bonchev–Trinajstić information content (AvgIpc) is 3.42. The first-order valence-corrected chi connectivity index (χ1v) is 11.7. The van der Waals surface area contributed by atoms with E-state index in [1.54, 1.807) is 33.8 Å². The number of hydrogen-bond donors (Lipinski definition) is 1. The van der Waals surface area contributed by atoms with Crippen molar-refractivity contribution in [1.82, 2.24) is 20.2 Å². The van der Waals surface area contributed by atoms with Crippen molar-refractivity contribution in [3.63, 3.8) is 0 Å². The van der Waals surface area contributed by atoms with Gasteiger partial charge in [0.15, 0.2) is 10.3 Å². The molecule has 2 saturated heterocycles. The summed E-state index contributed by atoms with van der Waals surface area (Å²) >= 11 is 3.35. The Morgan fingerprint density at radius 1 is 0.931 bits per heavy atom. The van der Waals surface area contributed by atoms with E-state index < -0.39 is 5.60 Å². The number of rotatable bonds is 2. The summed E-state index contributed by atoms with van der Waals surface area (Å²) in [5.41, 5.74) is -0.427. The molecule has 2 fully saturated rings. The summed E-state index contributed by atoms with van der Waals surface area (Å²) in [4.78, 5) is 26.7. The Labute approximate surface area is 180 Å². The Bertz CT molecular complexity index is 718. The third-order valence-corrected chi connectivity index (χ3v) is 6.09. The van der Waals surface area contributed by atoms with Gasteiger partial charge in [-0.25, -0.2) is 14.8 Å². The van der Waals surface area contributed by atoms with Gasteiger partial charge >= 0.3 is 6.09 Å². The largest absolute Gasteiger partial charge is 0.444 e. The molecule has 10 heteroatoms. The highest BCUT2D eigenvalue weighted by atomic mass is 32.1. The van der Waals surface area contributed by atoms with Crippen molar-refractivity contribution in [3.8, 4) is 0 Å². The van der Waals surface area contributed by atoms with Gasteiger partial charge in [0.05, 0.1) is 0 Å². The van der Waals surface area contributed by atoms with Gasteiger partial charge in [-0.2, -0.15) is 0 Å². The van der Waals surface area contributed by atoms with Gasteiger partial charge in [-0.3, -0.25) is 0 Å². The quantitative estimate of drug-likeness (QED) is 0.773. The van der Waals surface area contributed by atoms with Gasteiger partial charge in [-0.05, 0) is 20.8 Å². The summed E-state index contributed by atoms with van der Waals surface area (Å²) in [6.45, 7) is 13.0. The van der Waals surface area contributed by atoms with Crippen molar-refractivity contribution in [1.29, 1.82) is 0 Å². The number of carbonyl (C=O) groups excluding carboxylic acids is 1. The maximum Gasteiger partial charge on any atom is 0.410 e. The lowest BCUT2D eigenvalue weighted by Gasteiger charge is -2.35. The predicted molar refractivity (Wildman–Crippen MR) is 119 cm³/mol. The van der Waals surface area contributed by atoms with E-state index in [0.29, 0.717) is 13.1 Å². The molecule has 2 aromatic rings. The zero-order chi connectivity index (χ0) is 20.7. The molecular formula is C19H30N6O2S2. The van der Waals surface area contributed by atoms with Crippen LogP contribution in [-0.2, 0) is 4.74 Å². The molecule has 2 aliphatic rings. The topological polar surface area (TPSA) is 73.8 Å². The molecule has 1 amide bonds. The van der Waals surface area contributed by atoms with E-state index in [-0.39, 0.29) is 6.09 Å². The zero-order valence-electron chi connectivity index (χ0n) is 17.3. The van der Waals surface area contributed by atoms with Crippen LogP contribution in [0.1, 0.15) is 20.8 Å². The molecule has 0 aromatic carbocycles. The van der Waals surface area contributed by atoms with Crippen LogP contribution >= 0.6 is 22.7 Å². The molecule has 0 atom stereocenters. The average molecular weight is 439 g/mol. The lowest BCUT2D eigenvalue weighted by Crippen LogP contribution is -2.50. The first-order chi connectivity index (χ1) is 13.9. The van der Waals surface area contributed by atoms with Crippen LogP contribution in [0.4, 0.5) is 15.1 Å². The van der Waals surface area contributed by atoms with Crippen LogP contribution in [0.25, 0.3) is 0 Å². The highest BCUT2D eigenvalue weighted by Gasteiger charge is 2.26. The number of thiazole rings is 2. The summed E-state index contributed by atoms with van der Waals surface area (Å²) in [5.74, 6) is 0. The molecule has 0 radical (unpaired) electrons. The SMILES string of the molecule is CC(C)(C)OC(=O)N1CCN(c2nccs2)CC1.c1csc(N2CCNCC2)n1. The van der Waals surface area contributed by atoms with Crippen molar-refractivity contribution in [3.05, 3.63) is 23.2 Å². The lowest BCUT2D eigenvalue weighted by atomic mass is 10.2.